The molecular formula is C21H18N2O2S. The van der Waals surface area contributed by atoms with Crippen LogP contribution in [0.2, 0.25) is 0 Å². The summed E-state index contributed by atoms with van der Waals surface area (Å²) in [5.41, 5.74) is 1.32. The summed E-state index contributed by atoms with van der Waals surface area (Å²) in [7, 11) is -3.69. The highest BCUT2D eigenvalue weighted by atomic mass is 32.2. The molecule has 2 aromatic rings. The molecule has 0 amide bonds. The van der Waals surface area contributed by atoms with Crippen LogP contribution in [0.1, 0.15) is 5.56 Å². The number of hydrogen-bond donors (Lipinski definition) is 0. The third-order valence-electron chi connectivity index (χ3n) is 3.51. The summed E-state index contributed by atoms with van der Waals surface area (Å²) in [6, 6.07) is 19.6. The van der Waals surface area contributed by atoms with Crippen LogP contribution in [0.3, 0.4) is 0 Å². The lowest BCUT2D eigenvalue weighted by Crippen LogP contribution is -2.31. The third kappa shape index (κ3) is 5.19. The second-order valence-corrected chi connectivity index (χ2v) is 7.28. The molecule has 0 saturated carbocycles. The molecule has 0 bridgehead atoms. The van der Waals surface area contributed by atoms with Gasteiger partial charge in [0.2, 0.25) is 10.0 Å². The van der Waals surface area contributed by atoms with Crippen LogP contribution in [0.4, 0.5) is 0 Å². The van der Waals surface area contributed by atoms with Crippen LogP contribution in [-0.4, -0.2) is 25.8 Å². The number of nitriles is 1. The number of terminal acetylenes is 1. The van der Waals surface area contributed by atoms with E-state index in [-0.39, 0.29) is 18.0 Å². The summed E-state index contributed by atoms with van der Waals surface area (Å²) in [5, 5.41) is 9.26. The summed E-state index contributed by atoms with van der Waals surface area (Å²) in [5.74, 6) is 2.37. The van der Waals surface area contributed by atoms with Crippen LogP contribution in [0, 0.1) is 23.7 Å². The first-order valence-electron chi connectivity index (χ1n) is 7.90. The van der Waals surface area contributed by atoms with Crippen molar-refractivity contribution >= 4 is 16.1 Å². The van der Waals surface area contributed by atoms with E-state index in [1.165, 1.54) is 16.4 Å². The Hall–Kier alpha value is -3.12. The zero-order valence-electron chi connectivity index (χ0n) is 14.1. The predicted octanol–water partition coefficient (Wildman–Crippen LogP) is 3.47. The van der Waals surface area contributed by atoms with Crippen LogP contribution in [0.25, 0.3) is 6.08 Å². The van der Waals surface area contributed by atoms with Crippen molar-refractivity contribution in [2.75, 3.05) is 13.1 Å². The van der Waals surface area contributed by atoms with Crippen molar-refractivity contribution in [3.63, 3.8) is 0 Å². The quantitative estimate of drug-likeness (QED) is 0.430. The molecule has 0 N–H and O–H groups in total. The van der Waals surface area contributed by atoms with E-state index in [1.807, 2.05) is 30.3 Å². The zero-order chi connectivity index (χ0) is 18.8. The highest BCUT2D eigenvalue weighted by molar-refractivity contribution is 7.89. The van der Waals surface area contributed by atoms with Crippen LogP contribution in [0.5, 0.6) is 0 Å². The van der Waals surface area contributed by atoms with Gasteiger partial charge in [-0.15, -0.1) is 6.42 Å². The average Bonchev–Trinajstić information content (AvgIpc) is 2.68. The molecule has 2 aromatic carbocycles. The standard InChI is InChI=1S/C21H18N2O2S/c1-2-15-23(26(24,25)21-13-7-4-8-14-21)16-9-12-20(18-22)17-19-10-5-3-6-11-19/h1,3-14,17H,15-16H2/b12-9+,20-17-. The molecule has 0 aliphatic carbocycles. The molecule has 0 aliphatic heterocycles. The molecule has 0 unspecified atom stereocenters. The Morgan fingerprint density at radius 3 is 2.27 bits per heavy atom. The van der Waals surface area contributed by atoms with Crippen molar-refractivity contribution in [2.24, 2.45) is 0 Å². The Morgan fingerprint density at radius 2 is 1.69 bits per heavy atom. The normalized spacial score (nSPS) is 12.0. The first kappa shape index (κ1) is 19.2. The van der Waals surface area contributed by atoms with Gasteiger partial charge in [0.15, 0.2) is 0 Å². The highest BCUT2D eigenvalue weighted by Gasteiger charge is 2.22. The second-order valence-electron chi connectivity index (χ2n) is 5.34. The molecule has 0 spiro atoms. The number of sulfonamides is 1. The van der Waals surface area contributed by atoms with E-state index in [2.05, 4.69) is 12.0 Å². The molecule has 0 heterocycles. The lowest BCUT2D eigenvalue weighted by molar-refractivity contribution is 0.478. The number of nitrogens with zero attached hydrogens (tertiary/aromatic N) is 2. The Labute approximate surface area is 154 Å². The SMILES string of the molecule is C#CCN(C/C=C/C(C#N)=C/c1ccccc1)S(=O)(=O)c1ccccc1. The van der Waals surface area contributed by atoms with E-state index >= 15 is 0 Å². The van der Waals surface area contributed by atoms with Crippen LogP contribution >= 0.6 is 0 Å². The second kappa shape index (κ2) is 9.39. The van der Waals surface area contributed by atoms with Crippen molar-refractivity contribution in [3.8, 4) is 18.4 Å². The van der Waals surface area contributed by atoms with Crippen LogP contribution < -0.4 is 0 Å². The Morgan fingerprint density at radius 1 is 1.08 bits per heavy atom. The molecular weight excluding hydrogens is 344 g/mol. The number of benzene rings is 2. The van der Waals surface area contributed by atoms with Gasteiger partial charge in [-0.3, -0.25) is 0 Å². The summed E-state index contributed by atoms with van der Waals surface area (Å²) in [6.07, 6.45) is 10.3. The lowest BCUT2D eigenvalue weighted by atomic mass is 10.1. The van der Waals surface area contributed by atoms with E-state index in [1.54, 1.807) is 36.4 Å². The van der Waals surface area contributed by atoms with Gasteiger partial charge in [-0.25, -0.2) is 8.42 Å². The molecule has 0 saturated heterocycles. The summed E-state index contributed by atoms with van der Waals surface area (Å²) < 4.78 is 26.5. The summed E-state index contributed by atoms with van der Waals surface area (Å²) >= 11 is 0. The van der Waals surface area contributed by atoms with Crippen molar-refractivity contribution < 1.29 is 8.42 Å². The largest absolute Gasteiger partial charge is 0.244 e. The highest BCUT2D eigenvalue weighted by Crippen LogP contribution is 2.15. The fourth-order valence-electron chi connectivity index (χ4n) is 2.23. The van der Waals surface area contributed by atoms with Crippen LogP contribution in [0.15, 0.2) is 83.3 Å². The first-order valence-corrected chi connectivity index (χ1v) is 9.34. The van der Waals surface area contributed by atoms with Crippen molar-refractivity contribution in [2.45, 2.75) is 4.90 Å². The summed E-state index contributed by atoms with van der Waals surface area (Å²) in [4.78, 5) is 0.184. The van der Waals surface area contributed by atoms with Gasteiger partial charge in [0.05, 0.1) is 23.1 Å². The van der Waals surface area contributed by atoms with E-state index in [0.717, 1.165) is 5.56 Å². The molecule has 5 heteroatoms. The van der Waals surface area contributed by atoms with Crippen molar-refractivity contribution in [3.05, 3.63) is 84.0 Å². The van der Waals surface area contributed by atoms with Gasteiger partial charge in [0, 0.05) is 6.54 Å². The molecule has 26 heavy (non-hydrogen) atoms. The third-order valence-corrected chi connectivity index (χ3v) is 5.33. The van der Waals surface area contributed by atoms with E-state index in [4.69, 9.17) is 6.42 Å². The van der Waals surface area contributed by atoms with Gasteiger partial charge in [0.25, 0.3) is 0 Å². The van der Waals surface area contributed by atoms with Crippen molar-refractivity contribution in [1.29, 1.82) is 5.26 Å². The molecule has 2 rings (SSSR count). The Bertz CT molecular complexity index is 964. The fraction of sp³-hybridized carbons (Fsp3) is 0.0952. The zero-order valence-corrected chi connectivity index (χ0v) is 14.9. The van der Waals surface area contributed by atoms with E-state index in [0.29, 0.717) is 5.57 Å². The van der Waals surface area contributed by atoms with E-state index in [9.17, 15) is 13.7 Å². The smallest absolute Gasteiger partial charge is 0.207 e. The number of hydrogen-bond acceptors (Lipinski definition) is 3. The maximum atomic E-state index is 12.7. The van der Waals surface area contributed by atoms with E-state index < -0.39 is 10.0 Å². The first-order chi connectivity index (χ1) is 12.6. The Balaban J connectivity index is 2.18. The topological polar surface area (TPSA) is 61.2 Å². The van der Waals surface area contributed by atoms with Gasteiger partial charge < -0.3 is 0 Å². The molecule has 0 radical (unpaired) electrons. The minimum Gasteiger partial charge on any atom is -0.207 e. The molecule has 4 nitrogen and oxygen atoms in total. The van der Waals surface area contributed by atoms with Crippen LogP contribution in [-0.2, 0) is 10.0 Å². The van der Waals surface area contributed by atoms with Gasteiger partial charge in [-0.1, -0.05) is 60.5 Å². The number of allylic oxidation sites excluding steroid dienone is 2. The average molecular weight is 362 g/mol. The molecule has 130 valence electrons. The number of rotatable bonds is 7. The monoisotopic (exact) mass is 362 g/mol. The van der Waals surface area contributed by atoms with Gasteiger partial charge >= 0.3 is 0 Å². The Kier molecular flexibility index (Phi) is 6.93. The molecule has 0 aromatic heterocycles. The van der Waals surface area contributed by atoms with Gasteiger partial charge in [-0.2, -0.15) is 9.57 Å². The molecule has 0 atom stereocenters. The van der Waals surface area contributed by atoms with Gasteiger partial charge in [-0.05, 0) is 29.8 Å². The minimum atomic E-state index is -3.69. The molecule has 0 fully saturated rings. The minimum absolute atomic E-state index is 0.0497. The van der Waals surface area contributed by atoms with Gasteiger partial charge in [0.1, 0.15) is 0 Å². The maximum Gasteiger partial charge on any atom is 0.244 e. The summed E-state index contributed by atoms with van der Waals surface area (Å²) in [6.45, 7) is 0.0289. The lowest BCUT2D eigenvalue weighted by Gasteiger charge is -2.18. The molecule has 0 aliphatic rings. The van der Waals surface area contributed by atoms with Crippen molar-refractivity contribution in [1.82, 2.24) is 4.31 Å². The predicted molar refractivity (Wildman–Crippen MR) is 103 cm³/mol. The maximum absolute atomic E-state index is 12.7. The fourth-order valence-corrected chi connectivity index (χ4v) is 3.56.